The molecule has 1 heterocycles. The number of hydrogen-bond acceptors (Lipinski definition) is 3. The molecule has 3 amide bonds. The Labute approximate surface area is 188 Å². The van der Waals surface area contributed by atoms with Crippen LogP contribution in [0.5, 0.6) is 0 Å². The van der Waals surface area contributed by atoms with Crippen molar-refractivity contribution < 1.29 is 14.3 Å². The molecule has 0 saturated carbocycles. The number of unbranched alkanes of at least 4 members (excludes halogenated alkanes) is 13. The summed E-state index contributed by atoms with van der Waals surface area (Å²) in [7, 11) is 0. The third kappa shape index (κ3) is 10.3. The normalized spacial score (nSPS) is 16.2. The molecule has 0 bridgehead atoms. The van der Waals surface area contributed by atoms with Crippen molar-refractivity contribution in [3.8, 4) is 0 Å². The van der Waals surface area contributed by atoms with Crippen molar-refractivity contribution in [3.05, 3.63) is 35.9 Å². The molecule has 0 aromatic heterocycles. The van der Waals surface area contributed by atoms with Crippen LogP contribution in [0.1, 0.15) is 102 Å². The minimum Gasteiger partial charge on any atom is -0.349 e. The van der Waals surface area contributed by atoms with Gasteiger partial charge in [0.1, 0.15) is 0 Å². The van der Waals surface area contributed by atoms with Gasteiger partial charge in [0.15, 0.2) is 0 Å². The second kappa shape index (κ2) is 15.9. The van der Waals surface area contributed by atoms with Crippen LogP contribution in [0.15, 0.2) is 30.3 Å². The number of urea groups is 1. The van der Waals surface area contributed by atoms with E-state index >= 15 is 0 Å². The van der Waals surface area contributed by atoms with Gasteiger partial charge in [-0.15, -0.1) is 0 Å². The van der Waals surface area contributed by atoms with E-state index in [1.807, 2.05) is 30.3 Å². The lowest BCUT2D eigenvalue weighted by Gasteiger charge is -2.21. The van der Waals surface area contributed by atoms with Crippen LogP contribution in [-0.4, -0.2) is 29.7 Å². The summed E-state index contributed by atoms with van der Waals surface area (Å²) >= 11 is 0. The molecule has 1 aromatic carbocycles. The van der Waals surface area contributed by atoms with Crippen molar-refractivity contribution in [1.29, 1.82) is 0 Å². The Bertz CT molecular complexity index is 620. The second-order valence-corrected chi connectivity index (χ2v) is 8.67. The summed E-state index contributed by atoms with van der Waals surface area (Å²) in [6.07, 6.45) is 17.4. The number of nitrogens with zero attached hydrogens (tertiary/aromatic N) is 2. The first-order valence-electron chi connectivity index (χ1n) is 12.4. The van der Waals surface area contributed by atoms with Gasteiger partial charge >= 0.3 is 11.9 Å². The van der Waals surface area contributed by atoms with Gasteiger partial charge in [-0.25, -0.2) is 4.79 Å². The molecule has 0 N–H and O–H groups in total. The Balaban J connectivity index is 1.46. The molecule has 0 aliphatic carbocycles. The quantitative estimate of drug-likeness (QED) is 0.196. The van der Waals surface area contributed by atoms with Crippen LogP contribution in [0.3, 0.4) is 0 Å². The fourth-order valence-corrected chi connectivity index (χ4v) is 4.03. The minimum atomic E-state index is -0.866. The molecule has 1 unspecified atom stereocenters. The summed E-state index contributed by atoms with van der Waals surface area (Å²) in [5.74, 6) is -0.480. The SMILES string of the molecule is CCCCCCCCCCCCCCCCOC1C(=O)[N]C(=O)N1Cc1ccccc1. The maximum absolute atomic E-state index is 12.0. The molecule has 173 valence electrons. The van der Waals surface area contributed by atoms with Crippen LogP contribution >= 0.6 is 0 Å². The Morgan fingerprint density at radius 3 is 1.84 bits per heavy atom. The highest BCUT2D eigenvalue weighted by molar-refractivity contribution is 6.02. The lowest BCUT2D eigenvalue weighted by molar-refractivity contribution is -0.136. The zero-order valence-corrected chi connectivity index (χ0v) is 19.4. The van der Waals surface area contributed by atoms with Crippen molar-refractivity contribution in [1.82, 2.24) is 10.2 Å². The van der Waals surface area contributed by atoms with Crippen molar-refractivity contribution in [2.24, 2.45) is 0 Å². The van der Waals surface area contributed by atoms with Gasteiger partial charge in [-0.05, 0) is 12.0 Å². The number of carbonyl (C=O) groups excluding carboxylic acids is 2. The molecule has 5 heteroatoms. The number of hydrogen-bond donors (Lipinski definition) is 0. The predicted molar refractivity (Wildman–Crippen MR) is 125 cm³/mol. The molecule has 1 fully saturated rings. The third-order valence-corrected chi connectivity index (χ3v) is 5.92. The molecule has 1 aliphatic rings. The molecule has 0 spiro atoms. The largest absolute Gasteiger partial charge is 0.349 e. The number of ether oxygens (including phenoxy) is 1. The average Bonchev–Trinajstić information content (AvgIpc) is 3.04. The lowest BCUT2D eigenvalue weighted by atomic mass is 10.0. The van der Waals surface area contributed by atoms with Gasteiger partial charge in [0.25, 0.3) is 0 Å². The van der Waals surface area contributed by atoms with Crippen LogP contribution in [-0.2, 0) is 16.1 Å². The number of carbonyl (C=O) groups is 2. The molecule has 1 atom stereocenters. The Hall–Kier alpha value is -1.88. The summed E-state index contributed by atoms with van der Waals surface area (Å²) in [6.45, 7) is 3.10. The zero-order valence-electron chi connectivity index (χ0n) is 19.4. The number of benzene rings is 1. The Morgan fingerprint density at radius 1 is 0.774 bits per heavy atom. The van der Waals surface area contributed by atoms with Gasteiger partial charge < -0.3 is 4.74 Å². The zero-order chi connectivity index (χ0) is 22.2. The monoisotopic (exact) mass is 429 g/mol. The third-order valence-electron chi connectivity index (χ3n) is 5.92. The van der Waals surface area contributed by atoms with E-state index in [1.165, 1.54) is 81.9 Å². The molecule has 1 aliphatic heterocycles. The Kier molecular flexibility index (Phi) is 13.0. The van der Waals surface area contributed by atoms with Gasteiger partial charge in [-0.3, -0.25) is 9.69 Å². The number of rotatable bonds is 18. The standard InChI is InChI=1S/C26H41N2O3/c1-2-3-4-5-6-7-8-9-10-11-12-13-14-18-21-31-25-24(29)27-26(30)28(25)22-23-19-16-15-17-20-23/h15-17,19-20,25H,2-14,18,21-22H2,1H3. The highest BCUT2D eigenvalue weighted by Gasteiger charge is 2.40. The van der Waals surface area contributed by atoms with Crippen molar-refractivity contribution in [2.45, 2.75) is 110 Å². The second-order valence-electron chi connectivity index (χ2n) is 8.67. The first kappa shape index (κ1) is 25.4. The van der Waals surface area contributed by atoms with Gasteiger partial charge in [0.2, 0.25) is 6.23 Å². The number of amides is 3. The van der Waals surface area contributed by atoms with E-state index < -0.39 is 18.2 Å². The molecular weight excluding hydrogens is 388 g/mol. The summed E-state index contributed by atoms with van der Waals surface area (Å²) in [5, 5.41) is 3.56. The van der Waals surface area contributed by atoms with Crippen LogP contribution in [0.2, 0.25) is 0 Å². The Morgan fingerprint density at radius 2 is 1.29 bits per heavy atom. The van der Waals surface area contributed by atoms with Crippen molar-refractivity contribution in [2.75, 3.05) is 6.61 Å². The highest BCUT2D eigenvalue weighted by Crippen LogP contribution is 2.17. The predicted octanol–water partition coefficient (Wildman–Crippen LogP) is 6.58. The highest BCUT2D eigenvalue weighted by atomic mass is 16.5. The summed E-state index contributed by atoms with van der Waals surface area (Å²) in [4.78, 5) is 25.4. The molecule has 31 heavy (non-hydrogen) atoms. The van der Waals surface area contributed by atoms with Gasteiger partial charge in [0.05, 0.1) is 6.54 Å². The molecule has 1 saturated heterocycles. The molecule has 1 aromatic rings. The van der Waals surface area contributed by atoms with Gasteiger partial charge in [0, 0.05) is 6.61 Å². The van der Waals surface area contributed by atoms with Crippen molar-refractivity contribution >= 4 is 11.9 Å². The van der Waals surface area contributed by atoms with Gasteiger partial charge in [-0.1, -0.05) is 121 Å². The van der Waals surface area contributed by atoms with E-state index in [2.05, 4.69) is 12.2 Å². The van der Waals surface area contributed by atoms with E-state index in [-0.39, 0.29) is 0 Å². The van der Waals surface area contributed by atoms with E-state index in [9.17, 15) is 9.59 Å². The fourth-order valence-electron chi connectivity index (χ4n) is 4.03. The van der Waals surface area contributed by atoms with Crippen LogP contribution in [0.25, 0.3) is 0 Å². The smallest absolute Gasteiger partial charge is 0.349 e. The fraction of sp³-hybridized carbons (Fsp3) is 0.692. The van der Waals surface area contributed by atoms with Crippen LogP contribution in [0, 0.1) is 0 Å². The van der Waals surface area contributed by atoms with E-state index in [0.717, 1.165) is 18.4 Å². The molecule has 5 nitrogen and oxygen atoms in total. The lowest BCUT2D eigenvalue weighted by Crippen LogP contribution is -2.37. The van der Waals surface area contributed by atoms with Crippen LogP contribution in [0.4, 0.5) is 4.79 Å². The minimum absolute atomic E-state index is 0.346. The maximum atomic E-state index is 12.0. The molecule has 2 rings (SSSR count). The summed E-state index contributed by atoms with van der Waals surface area (Å²) < 4.78 is 5.74. The van der Waals surface area contributed by atoms with E-state index in [1.54, 1.807) is 0 Å². The molecular formula is C26H41N2O3. The summed E-state index contributed by atoms with van der Waals surface area (Å²) in [5.41, 5.74) is 0.964. The topological polar surface area (TPSA) is 60.7 Å². The average molecular weight is 430 g/mol. The van der Waals surface area contributed by atoms with E-state index in [0.29, 0.717) is 13.2 Å². The van der Waals surface area contributed by atoms with Gasteiger partial charge in [-0.2, -0.15) is 5.32 Å². The molecule has 1 radical (unpaired) electrons. The first-order chi connectivity index (χ1) is 15.2. The van der Waals surface area contributed by atoms with E-state index in [4.69, 9.17) is 4.74 Å². The summed E-state index contributed by atoms with van der Waals surface area (Å²) in [6, 6.07) is 9.12. The number of imide groups is 1. The van der Waals surface area contributed by atoms with Crippen LogP contribution < -0.4 is 5.32 Å². The van der Waals surface area contributed by atoms with Crippen molar-refractivity contribution in [3.63, 3.8) is 0 Å². The maximum Gasteiger partial charge on any atom is 0.349 e. The first-order valence-corrected chi connectivity index (χ1v) is 12.4.